The summed E-state index contributed by atoms with van der Waals surface area (Å²) in [5.74, 6) is 1.57. The molecule has 4 aromatic carbocycles. The van der Waals surface area contributed by atoms with Crippen LogP contribution in [-0.4, -0.2) is 4.98 Å². The molecule has 0 fully saturated rings. The quantitative estimate of drug-likeness (QED) is 0.248. The number of aryl methyl sites for hydroxylation is 1. The highest BCUT2D eigenvalue weighted by Gasteiger charge is 2.36. The predicted molar refractivity (Wildman–Crippen MR) is 143 cm³/mol. The van der Waals surface area contributed by atoms with Crippen LogP contribution in [0.4, 0.5) is 5.82 Å². The second-order valence-electron chi connectivity index (χ2n) is 8.58. The molecule has 0 radical (unpaired) electrons. The van der Waals surface area contributed by atoms with Crippen molar-refractivity contribution in [2.45, 2.75) is 19.1 Å². The number of nitrogens with zero attached hydrogens (tertiary/aromatic N) is 1. The van der Waals surface area contributed by atoms with Gasteiger partial charge in [0.15, 0.2) is 0 Å². The van der Waals surface area contributed by atoms with Crippen LogP contribution in [0.5, 0.6) is 5.75 Å². The molecular weight excluding hydrogens is 428 g/mol. The van der Waals surface area contributed by atoms with Gasteiger partial charge in [-0.2, -0.15) is 0 Å². The molecule has 0 aliphatic rings. The second kappa shape index (κ2) is 10.3. The van der Waals surface area contributed by atoms with E-state index in [2.05, 4.69) is 103 Å². The highest BCUT2D eigenvalue weighted by atomic mass is 16.5. The van der Waals surface area contributed by atoms with Crippen molar-refractivity contribution in [1.29, 1.82) is 0 Å². The molecule has 3 nitrogen and oxygen atoms in total. The van der Waals surface area contributed by atoms with Gasteiger partial charge >= 0.3 is 0 Å². The molecule has 0 saturated carbocycles. The molecule has 0 saturated heterocycles. The van der Waals surface area contributed by atoms with E-state index in [0.717, 1.165) is 39.4 Å². The summed E-state index contributed by atoms with van der Waals surface area (Å²) in [6.45, 7) is 2.57. The van der Waals surface area contributed by atoms with Crippen LogP contribution in [0.15, 0.2) is 134 Å². The van der Waals surface area contributed by atoms with Gasteiger partial charge in [-0.15, -0.1) is 0 Å². The maximum Gasteiger partial charge on any atom is 0.141 e. The third kappa shape index (κ3) is 4.80. The molecule has 1 aromatic heterocycles. The van der Waals surface area contributed by atoms with Crippen LogP contribution in [0.25, 0.3) is 0 Å². The number of rotatable bonds is 8. The minimum absolute atomic E-state index is 0.512. The van der Waals surface area contributed by atoms with Crippen LogP contribution in [0.2, 0.25) is 0 Å². The van der Waals surface area contributed by atoms with Crippen LogP contribution < -0.4 is 10.1 Å². The number of pyridine rings is 1. The van der Waals surface area contributed by atoms with E-state index < -0.39 is 5.54 Å². The SMILES string of the molecule is Cc1cc(NC(c2ccccc2)(c2ccccc2)c2ccccc2)ncc1OCc1ccccc1. The Bertz CT molecular complexity index is 1260. The van der Waals surface area contributed by atoms with Gasteiger partial charge in [-0.3, -0.25) is 0 Å². The first kappa shape index (κ1) is 22.4. The van der Waals surface area contributed by atoms with E-state index in [-0.39, 0.29) is 0 Å². The standard InChI is InChI=1S/C32H28N2O/c1-25-22-31(33-23-30(25)35-24-26-14-6-2-7-15-26)34-32(27-16-8-3-9-17-27,28-18-10-4-11-19-28)29-20-12-5-13-21-29/h2-23H,24H2,1H3,(H,33,34). The van der Waals surface area contributed by atoms with Gasteiger partial charge in [0, 0.05) is 0 Å². The lowest BCUT2D eigenvalue weighted by Crippen LogP contribution is -2.38. The van der Waals surface area contributed by atoms with E-state index in [1.165, 1.54) is 0 Å². The van der Waals surface area contributed by atoms with Gasteiger partial charge in [-0.1, -0.05) is 121 Å². The van der Waals surface area contributed by atoms with Crippen LogP contribution in [-0.2, 0) is 12.1 Å². The number of hydrogen-bond donors (Lipinski definition) is 1. The predicted octanol–water partition coefficient (Wildman–Crippen LogP) is 7.37. The lowest BCUT2D eigenvalue weighted by atomic mass is 9.77. The maximum absolute atomic E-state index is 6.07. The van der Waals surface area contributed by atoms with Gasteiger partial charge in [0.1, 0.15) is 23.7 Å². The summed E-state index contributed by atoms with van der Waals surface area (Å²) < 4.78 is 6.07. The first-order valence-electron chi connectivity index (χ1n) is 11.8. The van der Waals surface area contributed by atoms with E-state index in [1.54, 1.807) is 0 Å². The van der Waals surface area contributed by atoms with Gasteiger partial charge < -0.3 is 10.1 Å². The Hall–Kier alpha value is -4.37. The number of hydrogen-bond acceptors (Lipinski definition) is 3. The van der Waals surface area contributed by atoms with Gasteiger partial charge in [-0.25, -0.2) is 4.98 Å². The van der Waals surface area contributed by atoms with Crippen molar-refractivity contribution >= 4 is 5.82 Å². The van der Waals surface area contributed by atoms with E-state index in [4.69, 9.17) is 9.72 Å². The third-order valence-corrected chi connectivity index (χ3v) is 6.24. The molecule has 0 bridgehead atoms. The molecule has 0 amide bonds. The average molecular weight is 457 g/mol. The molecule has 1 heterocycles. The van der Waals surface area contributed by atoms with Crippen molar-refractivity contribution in [2.24, 2.45) is 0 Å². The molecule has 0 aliphatic heterocycles. The Kier molecular flexibility index (Phi) is 6.58. The maximum atomic E-state index is 6.07. The summed E-state index contributed by atoms with van der Waals surface area (Å²) >= 11 is 0. The minimum Gasteiger partial charge on any atom is -0.487 e. The molecule has 0 unspecified atom stereocenters. The van der Waals surface area contributed by atoms with E-state index >= 15 is 0 Å². The van der Waals surface area contributed by atoms with E-state index in [1.807, 2.05) is 42.6 Å². The number of anilines is 1. The fraction of sp³-hybridized carbons (Fsp3) is 0.0938. The molecule has 5 rings (SSSR count). The van der Waals surface area contributed by atoms with Crippen LogP contribution in [0.1, 0.15) is 27.8 Å². The number of aromatic nitrogens is 1. The van der Waals surface area contributed by atoms with Crippen molar-refractivity contribution in [3.8, 4) is 5.75 Å². The summed E-state index contributed by atoms with van der Waals surface area (Å²) in [6.07, 6.45) is 1.81. The summed E-state index contributed by atoms with van der Waals surface area (Å²) in [6, 6.07) is 43.8. The van der Waals surface area contributed by atoms with Gasteiger partial charge in [0.2, 0.25) is 0 Å². The highest BCUT2D eigenvalue weighted by Crippen LogP contribution is 2.40. The lowest BCUT2D eigenvalue weighted by Gasteiger charge is -2.37. The van der Waals surface area contributed by atoms with Crippen molar-refractivity contribution < 1.29 is 4.74 Å². The van der Waals surface area contributed by atoms with Crippen molar-refractivity contribution in [2.75, 3.05) is 5.32 Å². The minimum atomic E-state index is -0.615. The van der Waals surface area contributed by atoms with Crippen molar-refractivity contribution in [3.05, 3.63) is 161 Å². The van der Waals surface area contributed by atoms with Gasteiger partial charge in [0.05, 0.1) is 6.20 Å². The summed E-state index contributed by atoms with van der Waals surface area (Å²) in [5, 5.41) is 3.82. The number of ether oxygens (including phenoxy) is 1. The Morgan fingerprint density at radius 2 is 1.11 bits per heavy atom. The van der Waals surface area contributed by atoms with Crippen LogP contribution in [0.3, 0.4) is 0 Å². The van der Waals surface area contributed by atoms with Crippen LogP contribution in [0, 0.1) is 6.92 Å². The summed E-state index contributed by atoms with van der Waals surface area (Å²) in [5.41, 5.74) is 4.96. The monoisotopic (exact) mass is 456 g/mol. The summed E-state index contributed by atoms with van der Waals surface area (Å²) in [4.78, 5) is 4.78. The zero-order valence-electron chi connectivity index (χ0n) is 19.8. The lowest BCUT2D eigenvalue weighted by molar-refractivity contribution is 0.303. The molecule has 0 aliphatic carbocycles. The van der Waals surface area contributed by atoms with Crippen molar-refractivity contribution in [1.82, 2.24) is 4.98 Å². The van der Waals surface area contributed by atoms with Crippen LogP contribution >= 0.6 is 0 Å². The molecule has 0 spiro atoms. The molecule has 35 heavy (non-hydrogen) atoms. The first-order chi connectivity index (χ1) is 17.3. The van der Waals surface area contributed by atoms with E-state index in [0.29, 0.717) is 6.61 Å². The van der Waals surface area contributed by atoms with Crippen molar-refractivity contribution in [3.63, 3.8) is 0 Å². The fourth-order valence-corrected chi connectivity index (χ4v) is 4.47. The zero-order chi connectivity index (χ0) is 23.9. The Labute approximate surface area is 207 Å². The normalized spacial score (nSPS) is 11.1. The smallest absolute Gasteiger partial charge is 0.141 e. The molecular formula is C32H28N2O. The molecule has 3 heteroatoms. The molecule has 1 N–H and O–H groups in total. The zero-order valence-corrected chi connectivity index (χ0v) is 19.8. The third-order valence-electron chi connectivity index (χ3n) is 6.24. The molecule has 5 aromatic rings. The number of benzene rings is 4. The fourth-order valence-electron chi connectivity index (χ4n) is 4.47. The Balaban J connectivity index is 1.55. The summed E-state index contributed by atoms with van der Waals surface area (Å²) in [7, 11) is 0. The molecule has 172 valence electrons. The highest BCUT2D eigenvalue weighted by molar-refractivity contribution is 5.59. The largest absolute Gasteiger partial charge is 0.487 e. The second-order valence-corrected chi connectivity index (χ2v) is 8.58. The molecule has 0 atom stereocenters. The van der Waals surface area contributed by atoms with E-state index in [9.17, 15) is 0 Å². The van der Waals surface area contributed by atoms with Gasteiger partial charge in [0.25, 0.3) is 0 Å². The number of nitrogens with one attached hydrogen (secondary N) is 1. The Morgan fingerprint density at radius 1 is 0.657 bits per heavy atom. The first-order valence-corrected chi connectivity index (χ1v) is 11.8. The average Bonchev–Trinajstić information content (AvgIpc) is 2.93. The Morgan fingerprint density at radius 3 is 1.57 bits per heavy atom. The van der Waals surface area contributed by atoms with Gasteiger partial charge in [-0.05, 0) is 40.8 Å². The topological polar surface area (TPSA) is 34.2 Å².